The Morgan fingerprint density at radius 1 is 1.12 bits per heavy atom. The van der Waals surface area contributed by atoms with Gasteiger partial charge < -0.3 is 10.1 Å². The molecule has 26 heavy (non-hydrogen) atoms. The summed E-state index contributed by atoms with van der Waals surface area (Å²) in [6.45, 7) is 0.335. The van der Waals surface area contributed by atoms with Gasteiger partial charge in [0.15, 0.2) is 5.13 Å². The van der Waals surface area contributed by atoms with Crippen LogP contribution in [0.25, 0.3) is 0 Å². The van der Waals surface area contributed by atoms with Crippen molar-refractivity contribution in [3.63, 3.8) is 0 Å². The number of anilines is 2. The number of ether oxygens (including phenoxy) is 1. The maximum atomic E-state index is 12.2. The highest BCUT2D eigenvalue weighted by Crippen LogP contribution is 2.19. The van der Waals surface area contributed by atoms with E-state index >= 15 is 0 Å². The molecule has 2 aromatic heterocycles. The van der Waals surface area contributed by atoms with Crippen LogP contribution >= 0.6 is 22.7 Å². The average Bonchev–Trinajstić information content (AvgIpc) is 3.26. The third-order valence-corrected chi connectivity index (χ3v) is 4.72. The molecule has 0 aliphatic heterocycles. The van der Waals surface area contributed by atoms with Gasteiger partial charge in [-0.1, -0.05) is 41.7 Å². The fourth-order valence-corrected chi connectivity index (χ4v) is 3.44. The van der Waals surface area contributed by atoms with E-state index in [9.17, 15) is 9.59 Å². The first-order valence-electron chi connectivity index (χ1n) is 7.56. The Balaban J connectivity index is 1.56. The highest BCUT2D eigenvalue weighted by Gasteiger charge is 2.15. The predicted octanol–water partition coefficient (Wildman–Crippen LogP) is 2.57. The monoisotopic (exact) mass is 389 g/mol. The molecule has 0 bridgehead atoms. The average molecular weight is 389 g/mol. The zero-order valence-corrected chi connectivity index (χ0v) is 15.4. The van der Waals surface area contributed by atoms with Gasteiger partial charge in [-0.05, 0) is 5.56 Å². The standard InChI is InChI=1S/C16H15N5O3S2/c1-24-8-13-20-21-16(26-13)19-14(23)11-9-25-15(17-11)18-12(22)7-10-5-3-2-4-6-10/h2-6,9H,7-8H2,1H3,(H,17,18,22)(H,19,21,23). The van der Waals surface area contributed by atoms with E-state index < -0.39 is 5.91 Å². The van der Waals surface area contributed by atoms with Crippen molar-refractivity contribution in [3.8, 4) is 0 Å². The first kappa shape index (κ1) is 18.1. The number of carbonyl (C=O) groups is 2. The van der Waals surface area contributed by atoms with Crippen molar-refractivity contribution in [1.29, 1.82) is 0 Å². The Morgan fingerprint density at radius 3 is 2.69 bits per heavy atom. The second kappa shape index (κ2) is 8.61. The topological polar surface area (TPSA) is 106 Å². The minimum atomic E-state index is -0.412. The minimum Gasteiger partial charge on any atom is -0.377 e. The molecule has 134 valence electrons. The molecule has 0 aliphatic rings. The molecule has 0 unspecified atom stereocenters. The maximum absolute atomic E-state index is 12.2. The van der Waals surface area contributed by atoms with Gasteiger partial charge in [0.25, 0.3) is 5.91 Å². The highest BCUT2D eigenvalue weighted by molar-refractivity contribution is 7.15. The Bertz CT molecular complexity index is 894. The summed E-state index contributed by atoms with van der Waals surface area (Å²) in [6, 6.07) is 9.39. The third-order valence-electron chi connectivity index (χ3n) is 3.15. The summed E-state index contributed by atoms with van der Waals surface area (Å²) in [5, 5.41) is 16.0. The fraction of sp³-hybridized carbons (Fsp3) is 0.188. The molecule has 3 rings (SSSR count). The van der Waals surface area contributed by atoms with Crippen LogP contribution in [0.5, 0.6) is 0 Å². The van der Waals surface area contributed by atoms with Crippen LogP contribution in [0.15, 0.2) is 35.7 Å². The van der Waals surface area contributed by atoms with Gasteiger partial charge in [0.05, 0.1) is 6.42 Å². The molecule has 10 heteroatoms. The second-order valence-electron chi connectivity index (χ2n) is 5.14. The van der Waals surface area contributed by atoms with E-state index in [1.54, 1.807) is 12.5 Å². The summed E-state index contributed by atoms with van der Waals surface area (Å²) >= 11 is 2.41. The SMILES string of the molecule is COCc1nnc(NC(=O)c2csc(NC(=O)Cc3ccccc3)n2)s1. The van der Waals surface area contributed by atoms with Crippen LogP contribution in [0.2, 0.25) is 0 Å². The van der Waals surface area contributed by atoms with E-state index in [1.807, 2.05) is 30.3 Å². The third kappa shape index (κ3) is 4.91. The first-order valence-corrected chi connectivity index (χ1v) is 9.25. The largest absolute Gasteiger partial charge is 0.377 e. The van der Waals surface area contributed by atoms with Gasteiger partial charge >= 0.3 is 0 Å². The molecule has 8 nitrogen and oxygen atoms in total. The molecule has 2 heterocycles. The Labute approximate surface area is 157 Å². The van der Waals surface area contributed by atoms with Crippen LogP contribution in [0, 0.1) is 0 Å². The van der Waals surface area contributed by atoms with Crippen molar-refractivity contribution >= 4 is 44.8 Å². The number of nitrogens with one attached hydrogen (secondary N) is 2. The second-order valence-corrected chi connectivity index (χ2v) is 7.06. The lowest BCUT2D eigenvalue weighted by Gasteiger charge is -2.01. The molecule has 0 aliphatic carbocycles. The van der Waals surface area contributed by atoms with Crippen molar-refractivity contribution in [2.24, 2.45) is 0 Å². The lowest BCUT2D eigenvalue weighted by molar-refractivity contribution is -0.115. The number of hydrogen-bond acceptors (Lipinski definition) is 8. The van der Waals surface area contributed by atoms with Crippen LogP contribution in [0.1, 0.15) is 21.1 Å². The summed E-state index contributed by atoms with van der Waals surface area (Å²) in [6.07, 6.45) is 0.245. The molecule has 0 saturated carbocycles. The summed E-state index contributed by atoms with van der Waals surface area (Å²) in [5.41, 5.74) is 1.11. The lowest BCUT2D eigenvalue weighted by atomic mass is 10.1. The normalized spacial score (nSPS) is 10.5. The molecule has 3 aromatic rings. The zero-order valence-electron chi connectivity index (χ0n) is 13.8. The molecule has 2 N–H and O–H groups in total. The van der Waals surface area contributed by atoms with E-state index in [2.05, 4.69) is 25.8 Å². The van der Waals surface area contributed by atoms with Crippen molar-refractivity contribution in [2.45, 2.75) is 13.0 Å². The number of rotatable bonds is 7. The quantitative estimate of drug-likeness (QED) is 0.643. The summed E-state index contributed by atoms with van der Waals surface area (Å²) in [4.78, 5) is 28.4. The molecule has 1 aromatic carbocycles. The summed E-state index contributed by atoms with van der Waals surface area (Å²) in [7, 11) is 1.56. The van der Waals surface area contributed by atoms with Gasteiger partial charge in [-0.15, -0.1) is 21.5 Å². The van der Waals surface area contributed by atoms with Crippen molar-refractivity contribution < 1.29 is 14.3 Å². The highest BCUT2D eigenvalue weighted by atomic mass is 32.1. The Kier molecular flexibility index (Phi) is 6.00. The Hall–Kier alpha value is -2.69. The maximum Gasteiger partial charge on any atom is 0.277 e. The number of amides is 2. The van der Waals surface area contributed by atoms with Crippen molar-refractivity contribution in [3.05, 3.63) is 52.0 Å². The minimum absolute atomic E-state index is 0.189. The van der Waals surface area contributed by atoms with Crippen LogP contribution in [-0.4, -0.2) is 34.1 Å². The fourth-order valence-electron chi connectivity index (χ4n) is 2.03. The van der Waals surface area contributed by atoms with Crippen molar-refractivity contribution in [1.82, 2.24) is 15.2 Å². The summed E-state index contributed by atoms with van der Waals surface area (Å²) < 4.78 is 4.96. The van der Waals surface area contributed by atoms with Crippen molar-refractivity contribution in [2.75, 3.05) is 17.7 Å². The zero-order chi connectivity index (χ0) is 18.4. The van der Waals surface area contributed by atoms with Gasteiger partial charge in [0, 0.05) is 12.5 Å². The molecular weight excluding hydrogens is 374 g/mol. The Morgan fingerprint density at radius 2 is 1.92 bits per heavy atom. The first-order chi connectivity index (χ1) is 12.6. The lowest BCUT2D eigenvalue weighted by Crippen LogP contribution is -2.15. The van der Waals surface area contributed by atoms with Gasteiger partial charge in [0.1, 0.15) is 17.3 Å². The molecular formula is C16H15N5O3S2. The van der Waals surface area contributed by atoms with Crippen LogP contribution < -0.4 is 10.6 Å². The number of carbonyl (C=O) groups excluding carboxylic acids is 2. The number of aromatic nitrogens is 3. The van der Waals surface area contributed by atoms with Gasteiger partial charge in [0.2, 0.25) is 11.0 Å². The predicted molar refractivity (Wildman–Crippen MR) is 99.5 cm³/mol. The van der Waals surface area contributed by atoms with Crippen LogP contribution in [0.3, 0.4) is 0 Å². The smallest absolute Gasteiger partial charge is 0.277 e. The van der Waals surface area contributed by atoms with Gasteiger partial charge in [-0.3, -0.25) is 14.9 Å². The van der Waals surface area contributed by atoms with E-state index in [4.69, 9.17) is 4.74 Å². The van der Waals surface area contributed by atoms with Crippen LogP contribution in [-0.2, 0) is 22.6 Å². The molecule has 0 saturated heterocycles. The van der Waals surface area contributed by atoms with E-state index in [0.29, 0.717) is 21.9 Å². The van der Waals surface area contributed by atoms with E-state index in [0.717, 1.165) is 5.56 Å². The van der Waals surface area contributed by atoms with Gasteiger partial charge in [-0.2, -0.15) is 0 Å². The molecule has 0 fully saturated rings. The number of nitrogens with zero attached hydrogens (tertiary/aromatic N) is 3. The van der Waals surface area contributed by atoms with Crippen LogP contribution in [0.4, 0.5) is 10.3 Å². The van der Waals surface area contributed by atoms with E-state index in [-0.39, 0.29) is 18.0 Å². The van der Waals surface area contributed by atoms with Gasteiger partial charge in [-0.25, -0.2) is 4.98 Å². The molecule has 2 amide bonds. The molecule has 0 radical (unpaired) electrons. The number of benzene rings is 1. The molecule has 0 spiro atoms. The number of thiazole rings is 1. The number of hydrogen-bond donors (Lipinski definition) is 2. The molecule has 0 atom stereocenters. The summed E-state index contributed by atoms with van der Waals surface area (Å²) in [5.74, 6) is -0.601. The number of methoxy groups -OCH3 is 1. The van der Waals surface area contributed by atoms with E-state index in [1.165, 1.54) is 22.7 Å².